The normalized spacial score (nSPS) is 19.0. The zero-order valence-electron chi connectivity index (χ0n) is 15.2. The molecule has 0 spiro atoms. The molecule has 136 valence electrons. The third-order valence-electron chi connectivity index (χ3n) is 4.64. The lowest BCUT2D eigenvalue weighted by Crippen LogP contribution is -2.39. The number of nitrogens with zero attached hydrogens (tertiary/aromatic N) is 4. The molecule has 26 heavy (non-hydrogen) atoms. The number of guanidine groups is 1. The molecule has 7 nitrogen and oxygen atoms in total. The summed E-state index contributed by atoms with van der Waals surface area (Å²) in [5, 5.41) is 20.7. The van der Waals surface area contributed by atoms with E-state index >= 15 is 0 Å². The molecular weight excluding hydrogens is 326 g/mol. The maximum absolute atomic E-state index is 9.45. The molecule has 2 aromatic rings. The summed E-state index contributed by atoms with van der Waals surface area (Å²) in [7, 11) is 1.78. The fourth-order valence-corrected chi connectivity index (χ4v) is 2.90. The van der Waals surface area contributed by atoms with Gasteiger partial charge in [-0.2, -0.15) is 10.4 Å². The largest absolute Gasteiger partial charge is 0.382 e. The van der Waals surface area contributed by atoms with Crippen LogP contribution in [-0.4, -0.2) is 35.4 Å². The molecular formula is C19H25N7. The van der Waals surface area contributed by atoms with Crippen LogP contribution in [0.4, 0.5) is 5.82 Å². The van der Waals surface area contributed by atoms with Gasteiger partial charge in [0.05, 0.1) is 11.4 Å². The standard InChI is InChI=1S/C19H25N7/c1-13-11-17(13)24-19(22-2)23-10-6-9-16-15(12-20)18(21)26(25-16)14-7-4-3-5-8-14/h3-5,7-8,13,17H,6,9-11,21H2,1-2H3,(H2,22,23,24). The SMILES string of the molecule is CN=C(NCCCc1nn(-c2ccccc2)c(N)c1C#N)NC1CC1C. The van der Waals surface area contributed by atoms with Crippen LogP contribution in [-0.2, 0) is 6.42 Å². The van der Waals surface area contributed by atoms with Crippen molar-refractivity contribution in [1.82, 2.24) is 20.4 Å². The van der Waals surface area contributed by atoms with Crippen LogP contribution in [0, 0.1) is 17.2 Å². The van der Waals surface area contributed by atoms with Crippen LogP contribution in [0.3, 0.4) is 0 Å². The van der Waals surface area contributed by atoms with E-state index in [0.29, 0.717) is 23.8 Å². The highest BCUT2D eigenvalue weighted by molar-refractivity contribution is 5.80. The number of nitrogens with one attached hydrogen (secondary N) is 2. The minimum atomic E-state index is 0.391. The molecule has 1 fully saturated rings. The van der Waals surface area contributed by atoms with E-state index in [4.69, 9.17) is 5.73 Å². The molecule has 2 atom stereocenters. The predicted octanol–water partition coefficient (Wildman–Crippen LogP) is 1.83. The molecule has 1 aromatic carbocycles. The lowest BCUT2D eigenvalue weighted by atomic mass is 10.1. The van der Waals surface area contributed by atoms with E-state index in [1.54, 1.807) is 11.7 Å². The molecule has 1 aliphatic rings. The average Bonchev–Trinajstić information content (AvgIpc) is 3.26. The lowest BCUT2D eigenvalue weighted by Gasteiger charge is -2.11. The molecule has 7 heteroatoms. The first-order valence-corrected chi connectivity index (χ1v) is 8.94. The van der Waals surface area contributed by atoms with Gasteiger partial charge in [0.25, 0.3) is 0 Å². The van der Waals surface area contributed by atoms with E-state index < -0.39 is 0 Å². The number of hydrogen-bond donors (Lipinski definition) is 3. The number of rotatable bonds is 6. The van der Waals surface area contributed by atoms with Gasteiger partial charge in [-0.25, -0.2) is 4.68 Å². The van der Waals surface area contributed by atoms with Gasteiger partial charge >= 0.3 is 0 Å². The fourth-order valence-electron chi connectivity index (χ4n) is 2.90. The Labute approximate surface area is 153 Å². The number of anilines is 1. The number of aryl methyl sites for hydroxylation is 1. The Morgan fingerprint density at radius 2 is 2.15 bits per heavy atom. The van der Waals surface area contributed by atoms with Gasteiger partial charge in [-0.15, -0.1) is 0 Å². The minimum Gasteiger partial charge on any atom is -0.382 e. The van der Waals surface area contributed by atoms with Gasteiger partial charge in [0, 0.05) is 19.6 Å². The molecule has 0 radical (unpaired) electrons. The van der Waals surface area contributed by atoms with Crippen molar-refractivity contribution in [3.63, 3.8) is 0 Å². The monoisotopic (exact) mass is 351 g/mol. The topological polar surface area (TPSA) is 104 Å². The Morgan fingerprint density at radius 3 is 2.77 bits per heavy atom. The maximum atomic E-state index is 9.45. The lowest BCUT2D eigenvalue weighted by molar-refractivity contribution is 0.712. The Kier molecular flexibility index (Phi) is 5.42. The quantitative estimate of drug-likeness (QED) is 0.418. The van der Waals surface area contributed by atoms with Crippen molar-refractivity contribution >= 4 is 11.8 Å². The third-order valence-corrected chi connectivity index (χ3v) is 4.64. The molecule has 4 N–H and O–H groups in total. The van der Waals surface area contributed by atoms with Crippen molar-refractivity contribution in [3.05, 3.63) is 41.6 Å². The highest BCUT2D eigenvalue weighted by Gasteiger charge is 2.33. The highest BCUT2D eigenvalue weighted by atomic mass is 15.3. The first-order valence-electron chi connectivity index (χ1n) is 8.94. The van der Waals surface area contributed by atoms with Crippen molar-refractivity contribution in [2.24, 2.45) is 10.9 Å². The summed E-state index contributed by atoms with van der Waals surface area (Å²) in [5.41, 5.74) is 8.18. The van der Waals surface area contributed by atoms with Crippen LogP contribution in [0.25, 0.3) is 5.69 Å². The van der Waals surface area contributed by atoms with Crippen LogP contribution < -0.4 is 16.4 Å². The van der Waals surface area contributed by atoms with E-state index in [1.165, 1.54) is 6.42 Å². The molecule has 0 bridgehead atoms. The van der Waals surface area contributed by atoms with Crippen LogP contribution >= 0.6 is 0 Å². The highest BCUT2D eigenvalue weighted by Crippen LogP contribution is 2.28. The van der Waals surface area contributed by atoms with Crippen LogP contribution in [0.5, 0.6) is 0 Å². The van der Waals surface area contributed by atoms with Crippen molar-refractivity contribution < 1.29 is 0 Å². The number of benzene rings is 1. The molecule has 0 aliphatic heterocycles. The summed E-state index contributed by atoms with van der Waals surface area (Å²) in [4.78, 5) is 4.24. The summed E-state index contributed by atoms with van der Waals surface area (Å²) >= 11 is 0. The Bertz CT molecular complexity index is 816. The second kappa shape index (κ2) is 7.91. The number of aliphatic imine (C=N–C) groups is 1. The second-order valence-electron chi connectivity index (χ2n) is 6.63. The van der Waals surface area contributed by atoms with E-state index in [2.05, 4.69) is 33.7 Å². The first-order chi connectivity index (χ1) is 12.6. The van der Waals surface area contributed by atoms with E-state index in [-0.39, 0.29) is 0 Å². The van der Waals surface area contributed by atoms with Gasteiger partial charge in [0.15, 0.2) is 5.96 Å². The summed E-state index contributed by atoms with van der Waals surface area (Å²) in [6.07, 6.45) is 2.71. The zero-order valence-corrected chi connectivity index (χ0v) is 15.2. The minimum absolute atomic E-state index is 0.391. The van der Waals surface area contributed by atoms with Crippen LogP contribution in [0.1, 0.15) is 31.0 Å². The average molecular weight is 351 g/mol. The van der Waals surface area contributed by atoms with E-state index in [9.17, 15) is 5.26 Å². The van der Waals surface area contributed by atoms with Crippen molar-refractivity contribution in [3.8, 4) is 11.8 Å². The molecule has 1 heterocycles. The third kappa shape index (κ3) is 3.97. The molecule has 3 rings (SSSR count). The van der Waals surface area contributed by atoms with Crippen LogP contribution in [0.15, 0.2) is 35.3 Å². The van der Waals surface area contributed by atoms with Gasteiger partial charge in [-0.1, -0.05) is 25.1 Å². The molecule has 1 aliphatic carbocycles. The summed E-state index contributed by atoms with van der Waals surface area (Å²) in [5.74, 6) is 1.94. The number of para-hydroxylation sites is 1. The number of aromatic nitrogens is 2. The molecule has 1 saturated carbocycles. The van der Waals surface area contributed by atoms with Crippen molar-refractivity contribution in [2.45, 2.75) is 32.2 Å². The van der Waals surface area contributed by atoms with Gasteiger partial charge in [-0.3, -0.25) is 4.99 Å². The maximum Gasteiger partial charge on any atom is 0.191 e. The van der Waals surface area contributed by atoms with Crippen LogP contribution in [0.2, 0.25) is 0 Å². The molecule has 0 saturated heterocycles. The number of nitrogen functional groups attached to an aromatic ring is 1. The molecule has 1 aromatic heterocycles. The zero-order chi connectivity index (χ0) is 18.5. The molecule has 0 amide bonds. The number of nitrogens with two attached hydrogens (primary N) is 1. The van der Waals surface area contributed by atoms with Crippen molar-refractivity contribution in [1.29, 1.82) is 5.26 Å². The Balaban J connectivity index is 1.59. The second-order valence-corrected chi connectivity index (χ2v) is 6.63. The summed E-state index contributed by atoms with van der Waals surface area (Å²) in [6, 6.07) is 12.3. The fraction of sp³-hybridized carbons (Fsp3) is 0.421. The predicted molar refractivity (Wildman–Crippen MR) is 103 cm³/mol. The smallest absolute Gasteiger partial charge is 0.191 e. The molecule has 2 unspecified atom stereocenters. The van der Waals surface area contributed by atoms with E-state index in [0.717, 1.165) is 36.2 Å². The van der Waals surface area contributed by atoms with Crippen molar-refractivity contribution in [2.75, 3.05) is 19.3 Å². The summed E-state index contributed by atoms with van der Waals surface area (Å²) in [6.45, 7) is 2.98. The first kappa shape index (κ1) is 17.8. The van der Waals surface area contributed by atoms with Gasteiger partial charge in [0.1, 0.15) is 17.5 Å². The van der Waals surface area contributed by atoms with E-state index in [1.807, 2.05) is 30.3 Å². The van der Waals surface area contributed by atoms with Gasteiger partial charge in [0.2, 0.25) is 0 Å². The Hall–Kier alpha value is -3.01. The van der Waals surface area contributed by atoms with Gasteiger partial charge in [-0.05, 0) is 37.3 Å². The van der Waals surface area contributed by atoms with Gasteiger partial charge < -0.3 is 16.4 Å². The summed E-state index contributed by atoms with van der Waals surface area (Å²) < 4.78 is 1.64. The Morgan fingerprint density at radius 1 is 1.42 bits per heavy atom. The number of hydrogen-bond acceptors (Lipinski definition) is 4. The number of nitriles is 1.